The van der Waals surface area contributed by atoms with Gasteiger partial charge in [0.1, 0.15) is 0 Å². The topological polar surface area (TPSA) is 55.8 Å². The summed E-state index contributed by atoms with van der Waals surface area (Å²) in [6, 6.07) is 0. The number of esters is 1. The van der Waals surface area contributed by atoms with Crippen LogP contribution in [0.2, 0.25) is 0 Å². The van der Waals surface area contributed by atoms with Crippen molar-refractivity contribution in [3.05, 3.63) is 24.3 Å². The van der Waals surface area contributed by atoms with Gasteiger partial charge in [0, 0.05) is 25.2 Å². The molecule has 0 aromatic carbocycles. The third kappa shape index (κ3) is 12.3. The minimum Gasteiger partial charge on any atom is -0.463 e. The molecule has 0 fully saturated rings. The quantitative estimate of drug-likeness (QED) is 0.427. The van der Waals surface area contributed by atoms with E-state index in [1.54, 1.807) is 34.9 Å². The molecule has 17 heavy (non-hydrogen) atoms. The van der Waals surface area contributed by atoms with Crippen LogP contribution in [0.4, 0.5) is 0 Å². The van der Waals surface area contributed by atoms with E-state index in [-0.39, 0.29) is 11.9 Å². The Morgan fingerprint density at radius 1 is 1.06 bits per heavy atom. The third-order valence-corrected chi connectivity index (χ3v) is 1.24. The summed E-state index contributed by atoms with van der Waals surface area (Å²) in [4.78, 5) is 25.6. The number of ether oxygens (including phenoxy) is 1. The van der Waals surface area contributed by atoms with Gasteiger partial charge in [0.25, 0.3) is 0 Å². The molecule has 0 saturated carbocycles. The van der Waals surface area contributed by atoms with Crippen LogP contribution in [0.3, 0.4) is 0 Å². The normalized spacial score (nSPS) is 8.82. The monoisotopic (exact) mass is 243 g/mol. The summed E-state index contributed by atoms with van der Waals surface area (Å²) in [7, 11) is 3.28. The van der Waals surface area contributed by atoms with Gasteiger partial charge in [0.15, 0.2) is 0 Å². The van der Waals surface area contributed by atoms with Crippen molar-refractivity contribution in [3.63, 3.8) is 0 Å². The summed E-state index contributed by atoms with van der Waals surface area (Å²) in [6.45, 7) is 12.2. The van der Waals surface area contributed by atoms with Crippen LogP contribution in [0.5, 0.6) is 0 Å². The van der Waals surface area contributed by atoms with Crippen molar-refractivity contribution in [3.8, 4) is 0 Å². The van der Waals surface area contributed by atoms with Crippen molar-refractivity contribution in [1.82, 2.24) is 5.06 Å². The van der Waals surface area contributed by atoms with Crippen molar-refractivity contribution in [1.29, 1.82) is 0 Å². The largest absolute Gasteiger partial charge is 0.463 e. The zero-order valence-corrected chi connectivity index (χ0v) is 11.2. The highest BCUT2D eigenvalue weighted by atomic mass is 16.7. The molecule has 0 unspecified atom stereocenters. The molecule has 0 spiro atoms. The van der Waals surface area contributed by atoms with Crippen molar-refractivity contribution in [2.45, 2.75) is 20.8 Å². The van der Waals surface area contributed by atoms with Crippen LogP contribution in [0.1, 0.15) is 20.8 Å². The second-order valence-electron chi connectivity index (χ2n) is 3.47. The molecule has 0 aromatic heterocycles. The maximum absolute atomic E-state index is 10.6. The summed E-state index contributed by atoms with van der Waals surface area (Å²) in [5.74, 6) is -0.701. The number of hydrogen-bond acceptors (Lipinski definition) is 5. The second-order valence-corrected chi connectivity index (χ2v) is 3.47. The van der Waals surface area contributed by atoms with Crippen LogP contribution in [0.25, 0.3) is 0 Å². The first kappa shape index (κ1) is 17.8. The van der Waals surface area contributed by atoms with Crippen LogP contribution in [0.15, 0.2) is 24.3 Å². The molecule has 0 heterocycles. The fraction of sp³-hybridized carbons (Fsp3) is 0.500. The fourth-order valence-electron chi connectivity index (χ4n) is 0.498. The molecule has 0 N–H and O–H groups in total. The van der Waals surface area contributed by atoms with E-state index in [0.717, 1.165) is 0 Å². The summed E-state index contributed by atoms with van der Waals surface area (Å²) < 4.78 is 4.56. The molecular weight excluding hydrogens is 222 g/mol. The van der Waals surface area contributed by atoms with Crippen LogP contribution in [-0.2, 0) is 19.2 Å². The minimum absolute atomic E-state index is 0.312. The molecule has 0 rings (SSSR count). The van der Waals surface area contributed by atoms with Gasteiger partial charge in [-0.25, -0.2) is 9.59 Å². The first-order chi connectivity index (χ1) is 7.72. The summed E-state index contributed by atoms with van der Waals surface area (Å²) in [6.07, 6.45) is 0. The Balaban J connectivity index is 0. The molecule has 98 valence electrons. The van der Waals surface area contributed by atoms with E-state index in [1.807, 2.05) is 0 Å². The van der Waals surface area contributed by atoms with Gasteiger partial charge < -0.3 is 9.57 Å². The van der Waals surface area contributed by atoms with E-state index >= 15 is 0 Å². The predicted molar refractivity (Wildman–Crippen MR) is 66.0 cm³/mol. The van der Waals surface area contributed by atoms with Gasteiger partial charge in [0.05, 0.1) is 6.61 Å². The van der Waals surface area contributed by atoms with Gasteiger partial charge >= 0.3 is 11.9 Å². The van der Waals surface area contributed by atoms with Crippen LogP contribution < -0.4 is 0 Å². The Morgan fingerprint density at radius 3 is 1.59 bits per heavy atom. The van der Waals surface area contributed by atoms with Crippen LogP contribution >= 0.6 is 0 Å². The zero-order chi connectivity index (χ0) is 14.0. The third-order valence-electron chi connectivity index (χ3n) is 1.24. The molecule has 0 aliphatic carbocycles. The van der Waals surface area contributed by atoms with Crippen molar-refractivity contribution >= 4 is 11.9 Å². The maximum Gasteiger partial charge on any atom is 0.351 e. The number of hydrogen-bond donors (Lipinski definition) is 0. The van der Waals surface area contributed by atoms with Gasteiger partial charge in [-0.3, -0.25) is 0 Å². The highest BCUT2D eigenvalue weighted by molar-refractivity contribution is 5.87. The van der Waals surface area contributed by atoms with Crippen LogP contribution in [0, 0.1) is 0 Å². The van der Waals surface area contributed by atoms with Gasteiger partial charge in [-0.2, -0.15) is 0 Å². The first-order valence-corrected chi connectivity index (χ1v) is 5.10. The zero-order valence-electron chi connectivity index (χ0n) is 11.2. The van der Waals surface area contributed by atoms with Crippen molar-refractivity contribution in [2.24, 2.45) is 0 Å². The Bertz CT molecular complexity index is 295. The molecular formula is C12H21NO4. The number of rotatable bonds is 4. The number of hydroxylamine groups is 2. The minimum atomic E-state index is -0.389. The SMILES string of the molecule is C=C(C)C(=O)OCC.C=C(C)C(=O)ON(C)C. The number of carbonyl (C=O) groups excluding carboxylic acids is 2. The highest BCUT2D eigenvalue weighted by Gasteiger charge is 2.02. The first-order valence-electron chi connectivity index (χ1n) is 5.10. The van der Waals surface area contributed by atoms with Crippen molar-refractivity contribution in [2.75, 3.05) is 20.7 Å². The standard InChI is InChI=1S/C6H11NO2.C6H10O2/c1-5(2)6(8)9-7(3)4;1-4-8-6(7)5(2)3/h1H2,2-4H3;2,4H2,1,3H3. The Kier molecular flexibility index (Phi) is 10.0. The number of nitrogens with zero attached hydrogens (tertiary/aromatic N) is 1. The Hall–Kier alpha value is -1.62. The lowest BCUT2D eigenvalue weighted by Gasteiger charge is -2.08. The summed E-state index contributed by atoms with van der Waals surface area (Å²) in [5.41, 5.74) is 0.857. The van der Waals surface area contributed by atoms with E-state index in [2.05, 4.69) is 22.7 Å². The molecule has 0 aliphatic heterocycles. The smallest absolute Gasteiger partial charge is 0.351 e. The molecule has 5 nitrogen and oxygen atoms in total. The molecule has 0 radical (unpaired) electrons. The van der Waals surface area contributed by atoms with E-state index in [9.17, 15) is 9.59 Å². The molecule has 0 atom stereocenters. The van der Waals surface area contributed by atoms with E-state index in [1.165, 1.54) is 5.06 Å². The number of carbonyl (C=O) groups is 2. The van der Waals surface area contributed by atoms with Gasteiger partial charge in [0.2, 0.25) is 0 Å². The van der Waals surface area contributed by atoms with Gasteiger partial charge in [-0.05, 0) is 20.8 Å². The molecule has 0 amide bonds. The average Bonchev–Trinajstić information content (AvgIpc) is 2.17. The van der Waals surface area contributed by atoms with E-state index < -0.39 is 0 Å². The molecule has 0 aromatic rings. The molecule has 0 bridgehead atoms. The van der Waals surface area contributed by atoms with E-state index in [4.69, 9.17) is 0 Å². The summed E-state index contributed by atoms with van der Waals surface area (Å²) >= 11 is 0. The second kappa shape index (κ2) is 9.59. The average molecular weight is 243 g/mol. The maximum atomic E-state index is 10.6. The Labute approximate surface area is 103 Å². The predicted octanol–water partition coefficient (Wildman–Crippen LogP) is 1.71. The molecule has 0 saturated heterocycles. The molecule has 0 aliphatic rings. The lowest BCUT2D eigenvalue weighted by atomic mass is 10.4. The summed E-state index contributed by atoms with van der Waals surface area (Å²) in [5, 5.41) is 1.33. The fourth-order valence-corrected chi connectivity index (χ4v) is 0.498. The van der Waals surface area contributed by atoms with Gasteiger partial charge in [-0.15, -0.1) is 5.06 Å². The highest BCUT2D eigenvalue weighted by Crippen LogP contribution is 1.92. The lowest BCUT2D eigenvalue weighted by Crippen LogP contribution is -2.18. The van der Waals surface area contributed by atoms with Gasteiger partial charge in [-0.1, -0.05) is 13.2 Å². The van der Waals surface area contributed by atoms with E-state index in [0.29, 0.717) is 17.8 Å². The van der Waals surface area contributed by atoms with Crippen molar-refractivity contribution < 1.29 is 19.2 Å². The van der Waals surface area contributed by atoms with Crippen LogP contribution in [-0.4, -0.2) is 37.7 Å². The molecule has 5 heteroatoms. The lowest BCUT2D eigenvalue weighted by molar-refractivity contribution is -0.172. The Morgan fingerprint density at radius 2 is 1.47 bits per heavy atom.